The van der Waals surface area contributed by atoms with Crippen LogP contribution in [0, 0.1) is 0 Å². The Balaban J connectivity index is 0.000000151. The number of anilines is 8. The first kappa shape index (κ1) is 92.3. The zero-order chi connectivity index (χ0) is 89.5. The Morgan fingerprint density at radius 3 is 0.871 bits per heavy atom. The average Bonchev–Trinajstić information content (AvgIpc) is 0.939. The van der Waals surface area contributed by atoms with Crippen molar-refractivity contribution in [2.45, 2.75) is 190 Å². The van der Waals surface area contributed by atoms with Crippen LogP contribution < -0.4 is 41.3 Å². The standard InChI is InChI=1S/C21H26N2O.C20H21F3N2O2.C20H19F3N2O2.C20H24N2O.C20H22N2O/c1-15(2)18-8-6-17(7-9-18)14-23-12-4-5-19-13-20(22-16(3)24)10-11-21(19)23;2*1-13(26)24-17-7-8-18-15(11-17)9-10-25(18)12-14-3-5-16(6-4-14)19(2,27)20(21,22)23;2*1-14(2)17-6-4-16(5-7-17)13-22-11-10-18-12-19(21-15(3)23)8-9-20(18)22/h6-11,13,15H,4-5,12,14H2,1-3H3,(H,22,24);3-8,11,27H,9-10,12H2,1-2H3,(H,24,26);3-11,27H,12H2,1-2H3,(H,24,26);4-9,12,14H,10-11,13H2,1-3H3,(H,21,23);4-12,14H,13H2,1-3H3,(H,21,23). The molecule has 3 aliphatic heterocycles. The van der Waals surface area contributed by atoms with Crippen LogP contribution in [0.3, 0.4) is 0 Å². The van der Waals surface area contributed by atoms with E-state index in [9.17, 15) is 60.5 Å². The number of aliphatic hydroxyl groups is 2. The van der Waals surface area contributed by atoms with Crippen molar-refractivity contribution in [3.63, 3.8) is 0 Å². The number of rotatable bonds is 20. The molecule has 17 nitrogen and oxygen atoms in total. The fourth-order valence-corrected chi connectivity index (χ4v) is 15.5. The van der Waals surface area contributed by atoms with E-state index in [2.05, 4.69) is 203 Å². The number of alkyl halides is 6. The lowest BCUT2D eigenvalue weighted by molar-refractivity contribution is -0.259. The molecule has 0 radical (unpaired) electrons. The van der Waals surface area contributed by atoms with E-state index in [4.69, 9.17) is 0 Å². The summed E-state index contributed by atoms with van der Waals surface area (Å²) in [4.78, 5) is 62.9. The maximum Gasteiger partial charge on any atom is 0.421 e. The first-order valence-electron chi connectivity index (χ1n) is 42.0. The van der Waals surface area contributed by atoms with Gasteiger partial charge in [-0.3, -0.25) is 24.0 Å². The lowest BCUT2D eigenvalue weighted by atomic mass is 9.94. The number of aryl methyl sites for hydroxylation is 1. The zero-order valence-electron chi connectivity index (χ0n) is 72.7. The van der Waals surface area contributed by atoms with Crippen LogP contribution in [-0.4, -0.2) is 80.9 Å². The molecule has 5 amide bonds. The first-order chi connectivity index (χ1) is 58.7. The Morgan fingerprint density at radius 1 is 0.331 bits per heavy atom. The Morgan fingerprint density at radius 2 is 0.589 bits per heavy atom. The molecule has 3 aliphatic rings. The Labute approximate surface area is 722 Å². The third-order valence-corrected chi connectivity index (χ3v) is 22.5. The fraction of sp³-hybridized carbons (Fsp3) is 0.317. The highest BCUT2D eigenvalue weighted by atomic mass is 19.4. The third-order valence-electron chi connectivity index (χ3n) is 22.5. The number of carbonyl (C=O) groups excluding carboxylic acids is 5. The topological polar surface area (TPSA) is 206 Å². The van der Waals surface area contributed by atoms with Gasteiger partial charge in [-0.1, -0.05) is 163 Å². The number of aromatic nitrogens is 2. The van der Waals surface area contributed by atoms with Gasteiger partial charge >= 0.3 is 12.4 Å². The molecule has 0 spiro atoms. The second-order valence-corrected chi connectivity index (χ2v) is 33.5. The van der Waals surface area contributed by atoms with Crippen LogP contribution in [0.4, 0.5) is 71.8 Å². The lowest BCUT2D eigenvalue weighted by Gasteiger charge is -2.32. The van der Waals surface area contributed by atoms with E-state index in [0.717, 1.165) is 140 Å². The van der Waals surface area contributed by atoms with Crippen LogP contribution in [0.15, 0.2) is 237 Å². The van der Waals surface area contributed by atoms with Gasteiger partial charge in [-0.15, -0.1) is 0 Å². The van der Waals surface area contributed by atoms with Crippen molar-refractivity contribution in [2.24, 2.45) is 0 Å². The van der Waals surface area contributed by atoms with Gasteiger partial charge in [0.1, 0.15) is 0 Å². The van der Waals surface area contributed by atoms with Crippen molar-refractivity contribution in [3.8, 4) is 0 Å². The molecule has 0 fully saturated rings. The summed E-state index contributed by atoms with van der Waals surface area (Å²) in [7, 11) is 0. The molecule has 7 N–H and O–H groups in total. The molecule has 0 bridgehead atoms. The van der Waals surface area contributed by atoms with Crippen LogP contribution >= 0.6 is 0 Å². The molecule has 2 atom stereocenters. The number of halogens is 6. The number of hydrogen-bond acceptors (Lipinski definition) is 10. The molecule has 10 aromatic carbocycles. The van der Waals surface area contributed by atoms with Crippen molar-refractivity contribution >= 4 is 96.8 Å². The summed E-state index contributed by atoms with van der Waals surface area (Å²) < 4.78 is 81.8. The normalized spacial score (nSPS) is 13.8. The van der Waals surface area contributed by atoms with Gasteiger partial charge in [0.15, 0.2) is 11.2 Å². The van der Waals surface area contributed by atoms with E-state index >= 15 is 0 Å². The third kappa shape index (κ3) is 24.3. The zero-order valence-corrected chi connectivity index (χ0v) is 72.7. The molecule has 12 aromatic rings. The number of hydrogen-bond donors (Lipinski definition) is 7. The summed E-state index contributed by atoms with van der Waals surface area (Å²) in [6.45, 7) is 29.0. The minimum Gasteiger partial charge on any atom is -0.376 e. The molecule has 5 heterocycles. The van der Waals surface area contributed by atoms with Crippen LogP contribution in [0.1, 0.15) is 187 Å². The van der Waals surface area contributed by atoms with Gasteiger partial charge < -0.3 is 60.6 Å². The van der Waals surface area contributed by atoms with Gasteiger partial charge in [-0.05, 0) is 233 Å². The van der Waals surface area contributed by atoms with Crippen molar-refractivity contribution in [3.05, 3.63) is 309 Å². The van der Waals surface area contributed by atoms with Gasteiger partial charge in [0.2, 0.25) is 29.5 Å². The van der Waals surface area contributed by atoms with E-state index in [-0.39, 0.29) is 40.7 Å². The number of nitrogens with one attached hydrogen (secondary N) is 5. The van der Waals surface area contributed by atoms with Gasteiger partial charge in [-0.2, -0.15) is 26.3 Å². The van der Waals surface area contributed by atoms with E-state index < -0.39 is 23.6 Å². The summed E-state index contributed by atoms with van der Waals surface area (Å²) in [5.74, 6) is 1.34. The summed E-state index contributed by atoms with van der Waals surface area (Å²) >= 11 is 0. The van der Waals surface area contributed by atoms with Crippen molar-refractivity contribution in [2.75, 3.05) is 60.9 Å². The van der Waals surface area contributed by atoms with Gasteiger partial charge in [0.05, 0.1) is 0 Å². The highest BCUT2D eigenvalue weighted by molar-refractivity contribution is 5.94. The molecule has 124 heavy (non-hydrogen) atoms. The maximum atomic E-state index is 12.9. The fourth-order valence-electron chi connectivity index (χ4n) is 15.5. The van der Waals surface area contributed by atoms with Gasteiger partial charge in [0.25, 0.3) is 0 Å². The SMILES string of the molecule is CC(=O)Nc1ccc2c(c1)CCCN2Cc1ccc(C(C)C)cc1.CC(=O)Nc1ccc2c(c1)CCN2Cc1ccc(C(C)(O)C(F)(F)F)cc1.CC(=O)Nc1ccc2c(c1)CCN2Cc1ccc(C(C)C)cc1.CC(=O)Nc1ccc2c(ccn2Cc2ccc(C(C)(O)C(F)(F)F)cc2)c1.CC(=O)Nc1ccc2c(ccn2Cc2ccc(C(C)C)cc2)c1. The molecule has 0 aliphatic carbocycles. The van der Waals surface area contributed by atoms with E-state index in [1.807, 2.05) is 71.4 Å². The molecule has 15 rings (SSSR count). The molecule has 0 saturated carbocycles. The molecular formula is C101H112F6N10O7. The van der Waals surface area contributed by atoms with Gasteiger partial charge in [-0.25, -0.2) is 0 Å². The number of amides is 5. The Kier molecular flexibility index (Phi) is 29.9. The predicted molar refractivity (Wildman–Crippen MR) is 488 cm³/mol. The number of fused-ring (bicyclic) bond motifs is 5. The highest BCUT2D eigenvalue weighted by Crippen LogP contribution is 2.42. The second-order valence-electron chi connectivity index (χ2n) is 33.5. The molecule has 2 aromatic heterocycles. The quantitative estimate of drug-likeness (QED) is 0.0360. The lowest BCUT2D eigenvalue weighted by Crippen LogP contribution is -2.39. The summed E-state index contributed by atoms with van der Waals surface area (Å²) in [5.41, 5.74) is 17.2. The van der Waals surface area contributed by atoms with Gasteiger partial charge in [0, 0.05) is 167 Å². The van der Waals surface area contributed by atoms with Crippen LogP contribution in [0.5, 0.6) is 0 Å². The molecular weight excluding hydrogens is 1580 g/mol. The second kappa shape index (κ2) is 40.2. The minimum atomic E-state index is -4.74. The minimum absolute atomic E-state index is 0.0205. The number of benzene rings is 10. The molecule has 2 unspecified atom stereocenters. The summed E-state index contributed by atoms with van der Waals surface area (Å²) in [6.07, 6.45) is -1.39. The van der Waals surface area contributed by atoms with E-state index in [1.54, 1.807) is 44.2 Å². The largest absolute Gasteiger partial charge is 0.421 e. The van der Waals surface area contributed by atoms with Crippen LogP contribution in [0.2, 0.25) is 0 Å². The van der Waals surface area contributed by atoms with E-state index in [0.29, 0.717) is 36.5 Å². The van der Waals surface area contributed by atoms with Crippen molar-refractivity contribution in [1.29, 1.82) is 0 Å². The van der Waals surface area contributed by atoms with Crippen LogP contribution in [-0.2, 0) is 87.2 Å². The van der Waals surface area contributed by atoms with E-state index in [1.165, 1.54) is 106 Å². The Hall–Kier alpha value is -12.5. The van der Waals surface area contributed by atoms with Crippen molar-refractivity contribution < 1.29 is 60.5 Å². The van der Waals surface area contributed by atoms with Crippen LogP contribution in [0.25, 0.3) is 21.8 Å². The molecule has 0 saturated heterocycles. The highest BCUT2D eigenvalue weighted by Gasteiger charge is 2.52. The number of carbonyl (C=O) groups is 5. The number of nitrogens with zero attached hydrogens (tertiary/aromatic N) is 5. The maximum absolute atomic E-state index is 12.9. The predicted octanol–water partition coefficient (Wildman–Crippen LogP) is 22.2. The monoisotopic (exact) mass is 1690 g/mol. The molecule has 23 heteroatoms. The smallest absolute Gasteiger partial charge is 0.376 e. The van der Waals surface area contributed by atoms with Crippen molar-refractivity contribution in [1.82, 2.24) is 9.13 Å². The first-order valence-corrected chi connectivity index (χ1v) is 42.0. The summed E-state index contributed by atoms with van der Waals surface area (Å²) in [6, 6.07) is 72.1. The molecule has 650 valence electrons. The summed E-state index contributed by atoms with van der Waals surface area (Å²) in [5, 5.41) is 35.6. The average molecular weight is 1690 g/mol. The Bertz CT molecular complexity index is 5700.